The third-order valence-corrected chi connectivity index (χ3v) is 3.98. The Morgan fingerprint density at radius 2 is 1.79 bits per heavy atom. The van der Waals surface area contributed by atoms with Crippen molar-refractivity contribution in [3.63, 3.8) is 0 Å². The first-order chi connectivity index (χ1) is 8.82. The standard InChI is InChI=1S/C14H18F3NO/c1-13(8-4-5-9-13)12(18)10-6-2-3-7-11(10)19-14(15,16)17/h2-3,6-7,12H,4-5,8-9,18H2,1H3. The number of halogens is 3. The lowest BCUT2D eigenvalue weighted by atomic mass is 9.77. The Balaban J connectivity index is 2.29. The molecule has 2 N–H and O–H groups in total. The van der Waals surface area contributed by atoms with Gasteiger partial charge in [0.15, 0.2) is 0 Å². The number of nitrogens with two attached hydrogens (primary N) is 1. The average molecular weight is 273 g/mol. The molecule has 1 fully saturated rings. The van der Waals surface area contributed by atoms with Crippen LogP contribution in [-0.4, -0.2) is 6.36 Å². The second-order valence-electron chi connectivity index (χ2n) is 5.42. The van der Waals surface area contributed by atoms with Crippen LogP contribution in [0, 0.1) is 5.41 Å². The second kappa shape index (κ2) is 5.04. The fourth-order valence-electron chi connectivity index (χ4n) is 2.82. The quantitative estimate of drug-likeness (QED) is 0.897. The molecule has 0 bridgehead atoms. The molecule has 0 heterocycles. The summed E-state index contributed by atoms with van der Waals surface area (Å²) in [6.45, 7) is 2.04. The first-order valence-corrected chi connectivity index (χ1v) is 6.42. The molecule has 1 saturated carbocycles. The third-order valence-electron chi connectivity index (χ3n) is 3.98. The molecule has 0 saturated heterocycles. The zero-order valence-corrected chi connectivity index (χ0v) is 10.8. The predicted molar refractivity (Wildman–Crippen MR) is 66.6 cm³/mol. The van der Waals surface area contributed by atoms with E-state index in [1.165, 1.54) is 12.1 Å². The van der Waals surface area contributed by atoms with Crippen molar-refractivity contribution in [2.75, 3.05) is 0 Å². The van der Waals surface area contributed by atoms with Gasteiger partial charge in [0.1, 0.15) is 5.75 Å². The lowest BCUT2D eigenvalue weighted by Gasteiger charge is -2.32. The molecule has 1 aliphatic rings. The SMILES string of the molecule is CC1(C(N)c2ccccc2OC(F)(F)F)CCCC1. The Labute approximate surface area is 110 Å². The van der Waals surface area contributed by atoms with Gasteiger partial charge in [-0.25, -0.2) is 0 Å². The molecule has 1 aromatic rings. The van der Waals surface area contributed by atoms with Crippen molar-refractivity contribution in [3.8, 4) is 5.75 Å². The highest BCUT2D eigenvalue weighted by Gasteiger charge is 2.38. The molecule has 5 heteroatoms. The van der Waals surface area contributed by atoms with Crippen LogP contribution in [0.3, 0.4) is 0 Å². The molecule has 2 rings (SSSR count). The smallest absolute Gasteiger partial charge is 0.405 e. The molecule has 1 aliphatic carbocycles. The van der Waals surface area contributed by atoms with Crippen LogP contribution >= 0.6 is 0 Å². The first kappa shape index (κ1) is 14.2. The molecule has 2 nitrogen and oxygen atoms in total. The van der Waals surface area contributed by atoms with Crippen molar-refractivity contribution in [1.29, 1.82) is 0 Å². The van der Waals surface area contributed by atoms with E-state index < -0.39 is 12.4 Å². The van der Waals surface area contributed by atoms with Crippen LogP contribution in [0.1, 0.15) is 44.2 Å². The number of alkyl halides is 3. The van der Waals surface area contributed by atoms with Gasteiger partial charge >= 0.3 is 6.36 Å². The summed E-state index contributed by atoms with van der Waals surface area (Å²) in [5, 5.41) is 0. The maximum absolute atomic E-state index is 12.4. The second-order valence-corrected chi connectivity index (χ2v) is 5.42. The van der Waals surface area contributed by atoms with Gasteiger partial charge in [-0.1, -0.05) is 38.0 Å². The zero-order valence-electron chi connectivity index (χ0n) is 10.8. The number of hydrogen-bond acceptors (Lipinski definition) is 2. The van der Waals surface area contributed by atoms with Crippen LogP contribution < -0.4 is 10.5 Å². The van der Waals surface area contributed by atoms with Gasteiger partial charge in [-0.15, -0.1) is 13.2 Å². The summed E-state index contributed by atoms with van der Waals surface area (Å²) < 4.78 is 41.3. The monoisotopic (exact) mass is 273 g/mol. The van der Waals surface area contributed by atoms with E-state index in [0.29, 0.717) is 5.56 Å². The Kier molecular flexibility index (Phi) is 3.76. The van der Waals surface area contributed by atoms with Gasteiger partial charge in [-0.3, -0.25) is 0 Å². The van der Waals surface area contributed by atoms with E-state index >= 15 is 0 Å². The summed E-state index contributed by atoms with van der Waals surface area (Å²) in [6, 6.07) is 5.72. The van der Waals surface area contributed by atoms with Gasteiger partial charge in [0, 0.05) is 11.6 Å². The van der Waals surface area contributed by atoms with Crippen molar-refractivity contribution in [1.82, 2.24) is 0 Å². The van der Waals surface area contributed by atoms with Gasteiger partial charge in [0.05, 0.1) is 0 Å². The van der Waals surface area contributed by atoms with Crippen LogP contribution in [-0.2, 0) is 0 Å². The van der Waals surface area contributed by atoms with Crippen molar-refractivity contribution in [2.24, 2.45) is 11.1 Å². The fourth-order valence-corrected chi connectivity index (χ4v) is 2.82. The molecule has 1 atom stereocenters. The molecular formula is C14H18F3NO. The Bertz CT molecular complexity index is 439. The summed E-state index contributed by atoms with van der Waals surface area (Å²) in [5.74, 6) is -0.185. The molecule has 0 amide bonds. The molecule has 0 aromatic heterocycles. The van der Waals surface area contributed by atoms with Crippen LogP contribution in [0.25, 0.3) is 0 Å². The largest absolute Gasteiger partial charge is 0.573 e. The molecule has 1 aromatic carbocycles. The van der Waals surface area contributed by atoms with Crippen molar-refractivity contribution in [2.45, 2.75) is 45.0 Å². The number of ether oxygens (including phenoxy) is 1. The minimum Gasteiger partial charge on any atom is -0.405 e. The van der Waals surface area contributed by atoms with Crippen LogP contribution in [0.2, 0.25) is 0 Å². The van der Waals surface area contributed by atoms with E-state index in [9.17, 15) is 13.2 Å². The normalized spacial score (nSPS) is 20.3. The molecule has 19 heavy (non-hydrogen) atoms. The van der Waals surface area contributed by atoms with Gasteiger partial charge in [0.2, 0.25) is 0 Å². The molecule has 0 spiro atoms. The van der Waals surface area contributed by atoms with Crippen LogP contribution in [0.15, 0.2) is 24.3 Å². The van der Waals surface area contributed by atoms with Crippen LogP contribution in [0.4, 0.5) is 13.2 Å². The highest BCUT2D eigenvalue weighted by atomic mass is 19.4. The molecule has 1 unspecified atom stereocenters. The minimum atomic E-state index is -4.69. The van der Waals surface area contributed by atoms with E-state index in [-0.39, 0.29) is 11.2 Å². The number of para-hydroxylation sites is 1. The first-order valence-electron chi connectivity index (χ1n) is 6.42. The summed E-state index contributed by atoms with van der Waals surface area (Å²) in [5.41, 5.74) is 6.49. The van der Waals surface area contributed by atoms with E-state index in [4.69, 9.17) is 5.73 Å². The Morgan fingerprint density at radius 1 is 1.21 bits per heavy atom. The molecule has 0 radical (unpaired) electrons. The van der Waals surface area contributed by atoms with Crippen molar-refractivity contribution < 1.29 is 17.9 Å². The lowest BCUT2D eigenvalue weighted by Crippen LogP contribution is -2.30. The van der Waals surface area contributed by atoms with E-state index in [1.54, 1.807) is 12.1 Å². The highest BCUT2D eigenvalue weighted by molar-refractivity contribution is 5.37. The van der Waals surface area contributed by atoms with Crippen LogP contribution in [0.5, 0.6) is 5.75 Å². The minimum absolute atomic E-state index is 0.148. The summed E-state index contributed by atoms with van der Waals surface area (Å²) in [4.78, 5) is 0. The maximum atomic E-state index is 12.4. The number of hydrogen-bond donors (Lipinski definition) is 1. The fraction of sp³-hybridized carbons (Fsp3) is 0.571. The molecule has 106 valence electrons. The van der Waals surface area contributed by atoms with Gasteiger partial charge in [-0.05, 0) is 24.3 Å². The predicted octanol–water partition coefficient (Wildman–Crippen LogP) is 4.17. The topological polar surface area (TPSA) is 35.2 Å². The van der Waals surface area contributed by atoms with E-state index in [0.717, 1.165) is 25.7 Å². The molecule has 0 aliphatic heterocycles. The summed E-state index contributed by atoms with van der Waals surface area (Å²) >= 11 is 0. The van der Waals surface area contributed by atoms with Crippen molar-refractivity contribution >= 4 is 0 Å². The van der Waals surface area contributed by atoms with E-state index in [2.05, 4.69) is 4.74 Å². The lowest BCUT2D eigenvalue weighted by molar-refractivity contribution is -0.275. The third kappa shape index (κ3) is 3.21. The number of rotatable bonds is 3. The molecular weight excluding hydrogens is 255 g/mol. The van der Waals surface area contributed by atoms with Gasteiger partial charge in [-0.2, -0.15) is 0 Å². The average Bonchev–Trinajstić information content (AvgIpc) is 2.75. The van der Waals surface area contributed by atoms with E-state index in [1.807, 2.05) is 6.92 Å². The van der Waals surface area contributed by atoms with Crippen molar-refractivity contribution in [3.05, 3.63) is 29.8 Å². The highest BCUT2D eigenvalue weighted by Crippen LogP contribution is 2.48. The summed E-state index contributed by atoms with van der Waals surface area (Å²) in [6.07, 6.45) is -0.658. The maximum Gasteiger partial charge on any atom is 0.573 e. The zero-order chi connectivity index (χ0) is 14.1. The van der Waals surface area contributed by atoms with Gasteiger partial charge in [0.25, 0.3) is 0 Å². The summed E-state index contributed by atoms with van der Waals surface area (Å²) in [7, 11) is 0. The number of benzene rings is 1. The Morgan fingerprint density at radius 3 is 2.37 bits per heavy atom. The van der Waals surface area contributed by atoms with Gasteiger partial charge < -0.3 is 10.5 Å². The Hall–Kier alpha value is -1.23.